The molecule has 0 N–H and O–H groups in total. The highest BCUT2D eigenvalue weighted by Crippen LogP contribution is 2.12. The van der Waals surface area contributed by atoms with Gasteiger partial charge in [0.15, 0.2) is 5.71 Å². The first-order chi connectivity index (χ1) is 7.66. The fraction of sp³-hybridized carbons (Fsp3) is 0.182. The zero-order chi connectivity index (χ0) is 11.5. The number of ether oxygens (including phenoxy) is 1. The smallest absolute Gasteiger partial charge is 0.360 e. The van der Waals surface area contributed by atoms with Crippen LogP contribution in [0.1, 0.15) is 6.42 Å². The molecule has 0 bridgehead atoms. The molecule has 5 heteroatoms. The van der Waals surface area contributed by atoms with Gasteiger partial charge in [0, 0.05) is 7.05 Å². The van der Waals surface area contributed by atoms with Gasteiger partial charge in [0.05, 0.1) is 6.42 Å². The van der Waals surface area contributed by atoms with Crippen LogP contribution < -0.4 is 4.74 Å². The number of rotatable bonds is 2. The van der Waals surface area contributed by atoms with Crippen LogP contribution in [0, 0.1) is 0 Å². The zero-order valence-electron chi connectivity index (χ0n) is 8.71. The standard InChI is InChI=1S/C11H10N2O3/c1-13-10(14)7-9(12-13)11(15)16-8-5-3-2-4-6-8/h2-6H,7H2,1H3. The van der Waals surface area contributed by atoms with Crippen molar-refractivity contribution in [2.75, 3.05) is 7.05 Å². The average Bonchev–Trinajstić information content (AvgIpc) is 2.61. The number of hydrogen-bond acceptors (Lipinski definition) is 4. The molecule has 0 unspecified atom stereocenters. The Kier molecular flexibility index (Phi) is 2.68. The third-order valence-electron chi connectivity index (χ3n) is 2.14. The predicted octanol–water partition coefficient (Wildman–Crippen LogP) is 0.810. The number of benzene rings is 1. The molecule has 16 heavy (non-hydrogen) atoms. The Morgan fingerprint density at radius 2 is 2.06 bits per heavy atom. The van der Waals surface area contributed by atoms with E-state index in [9.17, 15) is 9.59 Å². The molecule has 0 saturated carbocycles. The van der Waals surface area contributed by atoms with E-state index < -0.39 is 5.97 Å². The fourth-order valence-corrected chi connectivity index (χ4v) is 1.30. The van der Waals surface area contributed by atoms with E-state index in [2.05, 4.69) is 5.10 Å². The topological polar surface area (TPSA) is 59.0 Å². The lowest BCUT2D eigenvalue weighted by molar-refractivity contribution is -0.129. The number of nitrogens with zero attached hydrogens (tertiary/aromatic N) is 2. The summed E-state index contributed by atoms with van der Waals surface area (Å²) in [5.74, 6) is -0.346. The predicted molar refractivity (Wildman–Crippen MR) is 56.9 cm³/mol. The average molecular weight is 218 g/mol. The fourth-order valence-electron chi connectivity index (χ4n) is 1.30. The zero-order valence-corrected chi connectivity index (χ0v) is 8.71. The molecule has 0 aliphatic carbocycles. The number of carbonyl (C=O) groups is 2. The lowest BCUT2D eigenvalue weighted by Crippen LogP contribution is -2.19. The van der Waals surface area contributed by atoms with E-state index in [1.54, 1.807) is 24.3 Å². The van der Waals surface area contributed by atoms with E-state index in [0.717, 1.165) is 5.01 Å². The van der Waals surface area contributed by atoms with Gasteiger partial charge in [-0.3, -0.25) is 4.79 Å². The highest BCUT2D eigenvalue weighted by atomic mass is 16.5. The molecule has 1 aromatic rings. The first-order valence-corrected chi connectivity index (χ1v) is 4.78. The van der Waals surface area contributed by atoms with Gasteiger partial charge >= 0.3 is 5.97 Å². The van der Waals surface area contributed by atoms with Gasteiger partial charge in [0.2, 0.25) is 5.91 Å². The highest BCUT2D eigenvalue weighted by Gasteiger charge is 2.27. The maximum atomic E-state index is 11.6. The molecule has 1 amide bonds. The molecular formula is C11H10N2O3. The molecule has 0 saturated heterocycles. The van der Waals surface area contributed by atoms with Crippen molar-refractivity contribution in [2.45, 2.75) is 6.42 Å². The van der Waals surface area contributed by atoms with Crippen molar-refractivity contribution in [3.8, 4) is 5.75 Å². The normalized spacial score (nSPS) is 14.9. The molecule has 0 atom stereocenters. The summed E-state index contributed by atoms with van der Waals surface area (Å²) in [4.78, 5) is 22.7. The van der Waals surface area contributed by atoms with Crippen LogP contribution in [0.2, 0.25) is 0 Å². The minimum atomic E-state index is -0.580. The van der Waals surface area contributed by atoms with E-state index in [1.165, 1.54) is 7.05 Å². The van der Waals surface area contributed by atoms with Crippen molar-refractivity contribution in [2.24, 2.45) is 5.10 Å². The summed E-state index contributed by atoms with van der Waals surface area (Å²) >= 11 is 0. The number of amides is 1. The maximum Gasteiger partial charge on any atom is 0.360 e. The van der Waals surface area contributed by atoms with Crippen molar-refractivity contribution in [3.63, 3.8) is 0 Å². The monoisotopic (exact) mass is 218 g/mol. The molecule has 0 spiro atoms. The lowest BCUT2D eigenvalue weighted by atomic mass is 10.3. The number of para-hydroxylation sites is 1. The van der Waals surface area contributed by atoms with Crippen LogP contribution in [0.3, 0.4) is 0 Å². The van der Waals surface area contributed by atoms with Gasteiger partial charge in [-0.15, -0.1) is 0 Å². The van der Waals surface area contributed by atoms with Crippen molar-refractivity contribution >= 4 is 17.6 Å². The van der Waals surface area contributed by atoms with Gasteiger partial charge in [0.1, 0.15) is 5.75 Å². The van der Waals surface area contributed by atoms with Crippen LogP contribution in [-0.2, 0) is 9.59 Å². The van der Waals surface area contributed by atoms with Crippen LogP contribution in [0.25, 0.3) is 0 Å². The van der Waals surface area contributed by atoms with Gasteiger partial charge in [-0.1, -0.05) is 18.2 Å². The molecule has 1 aromatic carbocycles. The van der Waals surface area contributed by atoms with E-state index in [1.807, 2.05) is 6.07 Å². The Morgan fingerprint density at radius 1 is 1.38 bits per heavy atom. The molecule has 82 valence electrons. The van der Waals surface area contributed by atoms with E-state index in [4.69, 9.17) is 4.74 Å². The molecule has 5 nitrogen and oxygen atoms in total. The first kappa shape index (κ1) is 10.4. The number of esters is 1. The Hall–Kier alpha value is -2.17. The molecule has 0 aromatic heterocycles. The molecular weight excluding hydrogens is 208 g/mol. The van der Waals surface area contributed by atoms with E-state index in [0.29, 0.717) is 5.75 Å². The second kappa shape index (κ2) is 4.14. The first-order valence-electron chi connectivity index (χ1n) is 4.78. The number of hydrazone groups is 1. The largest absolute Gasteiger partial charge is 0.422 e. The van der Waals surface area contributed by atoms with Crippen LogP contribution in [-0.4, -0.2) is 29.6 Å². The summed E-state index contributed by atoms with van der Waals surface area (Å²) in [5, 5.41) is 4.93. The van der Waals surface area contributed by atoms with E-state index in [-0.39, 0.29) is 18.0 Å². The summed E-state index contributed by atoms with van der Waals surface area (Å²) in [5.41, 5.74) is 0.136. The summed E-state index contributed by atoms with van der Waals surface area (Å²) in [6.07, 6.45) is 0.00215. The third kappa shape index (κ3) is 2.08. The molecule has 0 fully saturated rings. The van der Waals surface area contributed by atoms with Gasteiger partial charge in [-0.25, -0.2) is 9.80 Å². The summed E-state index contributed by atoms with van der Waals surface area (Å²) < 4.78 is 5.05. The molecule has 1 heterocycles. The number of carbonyl (C=O) groups excluding carboxylic acids is 2. The molecule has 0 radical (unpaired) electrons. The lowest BCUT2D eigenvalue weighted by Gasteiger charge is -2.01. The Balaban J connectivity index is 2.05. The Labute approximate surface area is 92.3 Å². The second-order valence-corrected chi connectivity index (χ2v) is 3.34. The van der Waals surface area contributed by atoms with Crippen molar-refractivity contribution in [1.29, 1.82) is 0 Å². The minimum absolute atomic E-state index is 0.00215. The molecule has 1 aliphatic heterocycles. The van der Waals surface area contributed by atoms with Crippen molar-refractivity contribution in [1.82, 2.24) is 5.01 Å². The second-order valence-electron chi connectivity index (χ2n) is 3.34. The molecule has 1 aliphatic rings. The van der Waals surface area contributed by atoms with E-state index >= 15 is 0 Å². The summed E-state index contributed by atoms with van der Waals surface area (Å²) in [6.45, 7) is 0. The van der Waals surface area contributed by atoms with Crippen LogP contribution in [0.15, 0.2) is 35.4 Å². The Morgan fingerprint density at radius 3 is 2.62 bits per heavy atom. The number of hydrogen-bond donors (Lipinski definition) is 0. The van der Waals surface area contributed by atoms with Gasteiger partial charge in [-0.05, 0) is 12.1 Å². The van der Waals surface area contributed by atoms with Gasteiger partial charge in [-0.2, -0.15) is 5.10 Å². The molecule has 2 rings (SSSR count). The third-order valence-corrected chi connectivity index (χ3v) is 2.14. The summed E-state index contributed by atoms with van der Waals surface area (Å²) in [6, 6.07) is 8.67. The van der Waals surface area contributed by atoms with Crippen LogP contribution in [0.4, 0.5) is 0 Å². The maximum absolute atomic E-state index is 11.6. The highest BCUT2D eigenvalue weighted by molar-refractivity contribution is 6.41. The van der Waals surface area contributed by atoms with Gasteiger partial charge in [0.25, 0.3) is 0 Å². The quantitative estimate of drug-likeness (QED) is 0.545. The van der Waals surface area contributed by atoms with Crippen molar-refractivity contribution in [3.05, 3.63) is 30.3 Å². The van der Waals surface area contributed by atoms with Crippen LogP contribution >= 0.6 is 0 Å². The van der Waals surface area contributed by atoms with Crippen molar-refractivity contribution < 1.29 is 14.3 Å². The van der Waals surface area contributed by atoms with Crippen LogP contribution in [0.5, 0.6) is 5.75 Å². The van der Waals surface area contributed by atoms with Gasteiger partial charge < -0.3 is 4.74 Å². The Bertz CT molecular complexity index is 454. The summed E-state index contributed by atoms with van der Waals surface area (Å²) in [7, 11) is 1.51. The SMILES string of the molecule is CN1N=C(C(=O)Oc2ccccc2)CC1=O. The minimum Gasteiger partial charge on any atom is -0.422 e.